The minimum atomic E-state index is -1.19. The Morgan fingerprint density at radius 2 is 1.91 bits per heavy atom. The Labute approximate surface area is 138 Å². The summed E-state index contributed by atoms with van der Waals surface area (Å²) in [6.45, 7) is 1.88. The molecule has 1 aliphatic heterocycles. The van der Waals surface area contributed by atoms with E-state index in [-0.39, 0.29) is 11.3 Å². The highest BCUT2D eigenvalue weighted by Gasteiger charge is 2.41. The van der Waals surface area contributed by atoms with E-state index in [4.69, 9.17) is 11.6 Å². The van der Waals surface area contributed by atoms with Crippen LogP contribution < -0.4 is 0 Å². The van der Waals surface area contributed by atoms with Gasteiger partial charge in [-0.15, -0.1) is 0 Å². The molecular weight excluding hydrogens is 312 g/mol. The number of hydrogen-bond donors (Lipinski definition) is 0. The average molecular weight is 325 g/mol. The SMILES string of the molecule is Cc1ccccc1C(=O)C1(c2ccc(C(=O)Cl)cn2)C=CC=N1. The summed E-state index contributed by atoms with van der Waals surface area (Å²) in [5.74, 6) is -0.155. The Kier molecular flexibility index (Phi) is 3.92. The molecule has 0 spiro atoms. The van der Waals surface area contributed by atoms with E-state index in [9.17, 15) is 9.59 Å². The molecule has 2 heterocycles. The number of Topliss-reactive ketones (excluding diaryl/α,β-unsaturated/α-hetero) is 1. The van der Waals surface area contributed by atoms with Crippen LogP contribution >= 0.6 is 11.6 Å². The number of halogens is 1. The van der Waals surface area contributed by atoms with Crippen LogP contribution in [0, 0.1) is 6.92 Å². The third-order valence-corrected chi connectivity index (χ3v) is 4.04. The van der Waals surface area contributed by atoms with E-state index < -0.39 is 10.8 Å². The maximum Gasteiger partial charge on any atom is 0.253 e. The first kappa shape index (κ1) is 15.3. The third kappa shape index (κ3) is 2.62. The lowest BCUT2D eigenvalue weighted by Gasteiger charge is -2.23. The highest BCUT2D eigenvalue weighted by molar-refractivity contribution is 6.67. The second kappa shape index (κ2) is 5.89. The third-order valence-electron chi connectivity index (χ3n) is 3.82. The summed E-state index contributed by atoms with van der Waals surface area (Å²) in [7, 11) is 0. The van der Waals surface area contributed by atoms with Gasteiger partial charge in [0.1, 0.15) is 0 Å². The Balaban J connectivity index is 2.09. The van der Waals surface area contributed by atoms with Crippen molar-refractivity contribution in [3.05, 3.63) is 77.1 Å². The number of aliphatic imine (C=N–C) groups is 1. The van der Waals surface area contributed by atoms with Crippen molar-refractivity contribution in [3.63, 3.8) is 0 Å². The van der Waals surface area contributed by atoms with Crippen molar-refractivity contribution in [1.82, 2.24) is 4.98 Å². The number of allylic oxidation sites excluding steroid dienone is 1. The van der Waals surface area contributed by atoms with Crippen LogP contribution in [0.15, 0.2) is 59.7 Å². The average Bonchev–Trinajstić information content (AvgIpc) is 3.06. The monoisotopic (exact) mass is 324 g/mol. The number of benzene rings is 1. The summed E-state index contributed by atoms with van der Waals surface area (Å²) >= 11 is 5.44. The van der Waals surface area contributed by atoms with Crippen molar-refractivity contribution in [2.75, 3.05) is 0 Å². The molecule has 0 N–H and O–H groups in total. The first-order valence-corrected chi connectivity index (χ1v) is 7.42. The van der Waals surface area contributed by atoms with E-state index in [2.05, 4.69) is 9.98 Å². The van der Waals surface area contributed by atoms with Crippen LogP contribution in [0.2, 0.25) is 0 Å². The molecule has 0 bridgehead atoms. The molecule has 5 heteroatoms. The fourth-order valence-corrected chi connectivity index (χ4v) is 2.67. The number of nitrogens with zero attached hydrogens (tertiary/aromatic N) is 2. The summed E-state index contributed by atoms with van der Waals surface area (Å²) in [5.41, 5.74) is 1.01. The van der Waals surface area contributed by atoms with E-state index in [0.29, 0.717) is 11.3 Å². The zero-order chi connectivity index (χ0) is 16.4. The fraction of sp³-hybridized carbons (Fsp3) is 0.111. The van der Waals surface area contributed by atoms with Gasteiger partial charge in [0.2, 0.25) is 5.78 Å². The van der Waals surface area contributed by atoms with Gasteiger partial charge in [0.05, 0.1) is 11.3 Å². The number of ketones is 1. The summed E-state index contributed by atoms with van der Waals surface area (Å²) in [4.78, 5) is 32.9. The lowest BCUT2D eigenvalue weighted by Crippen LogP contribution is -2.32. The number of aryl methyl sites for hydroxylation is 1. The molecule has 1 unspecified atom stereocenters. The molecule has 1 aliphatic rings. The molecule has 114 valence electrons. The van der Waals surface area contributed by atoms with Crippen molar-refractivity contribution in [2.24, 2.45) is 4.99 Å². The minimum Gasteiger partial charge on any atom is -0.291 e. The van der Waals surface area contributed by atoms with Gasteiger partial charge in [-0.1, -0.05) is 24.3 Å². The van der Waals surface area contributed by atoms with Gasteiger partial charge in [0.15, 0.2) is 5.54 Å². The molecule has 0 saturated heterocycles. The molecule has 0 saturated carbocycles. The summed E-state index contributed by atoms with van der Waals surface area (Å²) in [5, 5.41) is -0.589. The maximum atomic E-state index is 13.1. The first-order chi connectivity index (χ1) is 11.0. The molecule has 1 atom stereocenters. The second-order valence-corrected chi connectivity index (χ2v) is 5.60. The highest BCUT2D eigenvalue weighted by Crippen LogP contribution is 2.33. The topological polar surface area (TPSA) is 59.4 Å². The lowest BCUT2D eigenvalue weighted by molar-refractivity contribution is 0.0920. The van der Waals surface area contributed by atoms with Crippen LogP contribution in [0.4, 0.5) is 0 Å². The molecule has 0 amide bonds. The van der Waals surface area contributed by atoms with Gasteiger partial charge in [-0.2, -0.15) is 0 Å². The predicted molar refractivity (Wildman–Crippen MR) is 89.2 cm³/mol. The quantitative estimate of drug-likeness (QED) is 0.639. The Hall–Kier alpha value is -2.59. The van der Waals surface area contributed by atoms with E-state index >= 15 is 0 Å². The summed E-state index contributed by atoms with van der Waals surface area (Å²) in [6, 6.07) is 10.5. The van der Waals surface area contributed by atoms with E-state index in [1.807, 2.05) is 25.1 Å². The van der Waals surface area contributed by atoms with E-state index in [1.165, 1.54) is 6.20 Å². The number of aromatic nitrogens is 1. The van der Waals surface area contributed by atoms with Gasteiger partial charge in [-0.05, 0) is 48.4 Å². The predicted octanol–water partition coefficient (Wildman–Crippen LogP) is 3.49. The van der Waals surface area contributed by atoms with Crippen LogP contribution in [-0.2, 0) is 5.54 Å². The molecule has 0 aliphatic carbocycles. The van der Waals surface area contributed by atoms with Crippen molar-refractivity contribution < 1.29 is 9.59 Å². The molecule has 4 nitrogen and oxygen atoms in total. The van der Waals surface area contributed by atoms with Crippen LogP contribution in [0.25, 0.3) is 0 Å². The smallest absolute Gasteiger partial charge is 0.253 e. The van der Waals surface area contributed by atoms with Gasteiger partial charge < -0.3 is 0 Å². The van der Waals surface area contributed by atoms with Gasteiger partial charge in [0.25, 0.3) is 5.24 Å². The van der Waals surface area contributed by atoms with Crippen molar-refractivity contribution in [1.29, 1.82) is 0 Å². The van der Waals surface area contributed by atoms with Crippen LogP contribution in [0.1, 0.15) is 32.0 Å². The Morgan fingerprint density at radius 1 is 1.13 bits per heavy atom. The molecule has 1 aromatic heterocycles. The number of rotatable bonds is 4. The normalized spacial score (nSPS) is 19.0. The standard InChI is InChI=1S/C18H13ClN2O2/c1-12-5-2-3-6-14(12)16(22)18(9-4-10-21-18)15-8-7-13(11-20-15)17(19)23/h2-11H,1H3. The highest BCUT2D eigenvalue weighted by atomic mass is 35.5. The molecule has 1 aromatic carbocycles. The van der Waals surface area contributed by atoms with Gasteiger partial charge in [-0.3, -0.25) is 19.6 Å². The second-order valence-electron chi connectivity index (χ2n) is 5.25. The van der Waals surface area contributed by atoms with Gasteiger partial charge >= 0.3 is 0 Å². The molecular formula is C18H13ClN2O2. The van der Waals surface area contributed by atoms with Crippen LogP contribution in [0.3, 0.4) is 0 Å². The van der Waals surface area contributed by atoms with Crippen molar-refractivity contribution in [2.45, 2.75) is 12.5 Å². The molecule has 2 aromatic rings. The van der Waals surface area contributed by atoms with Crippen LogP contribution in [0.5, 0.6) is 0 Å². The molecule has 0 fully saturated rings. The first-order valence-electron chi connectivity index (χ1n) is 7.04. The van der Waals surface area contributed by atoms with Crippen molar-refractivity contribution in [3.8, 4) is 0 Å². The zero-order valence-corrected chi connectivity index (χ0v) is 13.1. The summed E-state index contributed by atoms with van der Waals surface area (Å²) in [6.07, 6.45) is 6.38. The summed E-state index contributed by atoms with van der Waals surface area (Å²) < 4.78 is 0. The van der Waals surface area contributed by atoms with Crippen LogP contribution in [-0.4, -0.2) is 22.2 Å². The molecule has 3 rings (SSSR count). The fourth-order valence-electron chi connectivity index (χ4n) is 2.56. The van der Waals surface area contributed by atoms with Crippen molar-refractivity contribution >= 4 is 28.8 Å². The Bertz CT molecular complexity index is 826. The number of carbonyl (C=O) groups is 2. The lowest BCUT2D eigenvalue weighted by atomic mass is 9.85. The molecule has 0 radical (unpaired) electrons. The molecule has 23 heavy (non-hydrogen) atoms. The zero-order valence-electron chi connectivity index (χ0n) is 12.4. The Morgan fingerprint density at radius 3 is 2.48 bits per heavy atom. The van der Waals surface area contributed by atoms with Gasteiger partial charge in [0, 0.05) is 18.0 Å². The number of hydrogen-bond acceptors (Lipinski definition) is 4. The largest absolute Gasteiger partial charge is 0.291 e. The van der Waals surface area contributed by atoms with E-state index in [0.717, 1.165) is 5.56 Å². The van der Waals surface area contributed by atoms with Gasteiger partial charge in [-0.25, -0.2) is 0 Å². The number of carbonyl (C=O) groups excluding carboxylic acids is 2. The minimum absolute atomic E-state index is 0.155. The maximum absolute atomic E-state index is 13.1. The number of pyridine rings is 1. The van der Waals surface area contributed by atoms with E-state index in [1.54, 1.807) is 36.6 Å².